The first kappa shape index (κ1) is 8.71. The molecule has 12 heavy (non-hydrogen) atoms. The fourth-order valence-corrected chi connectivity index (χ4v) is 2.61. The molecule has 0 bridgehead atoms. The van der Waals surface area contributed by atoms with Crippen LogP contribution in [-0.4, -0.2) is 39.9 Å². The minimum absolute atomic E-state index is 0.00183. The van der Waals surface area contributed by atoms with Crippen LogP contribution in [0.2, 0.25) is 0 Å². The smallest absolute Gasteiger partial charge is 0.308 e. The van der Waals surface area contributed by atoms with E-state index in [0.29, 0.717) is 6.42 Å². The van der Waals surface area contributed by atoms with Crippen LogP contribution in [0, 0.1) is 0 Å². The maximum atomic E-state index is 10.8. The average Bonchev–Trinajstić information content (AvgIpc) is 2.51. The third-order valence-electron chi connectivity index (χ3n) is 2.20. The molecule has 2 aliphatic heterocycles. The number of aliphatic hydroxyl groups is 1. The van der Waals surface area contributed by atoms with E-state index in [1.54, 1.807) is 0 Å². The van der Waals surface area contributed by atoms with E-state index in [4.69, 9.17) is 14.6 Å². The van der Waals surface area contributed by atoms with Gasteiger partial charge in [0, 0.05) is 0 Å². The zero-order chi connectivity index (χ0) is 8.72. The fraction of sp³-hybridized carbons (Fsp3) is 0.857. The van der Waals surface area contributed by atoms with Crippen LogP contribution in [0.5, 0.6) is 0 Å². The van der Waals surface area contributed by atoms with Gasteiger partial charge in [0.1, 0.15) is 12.2 Å². The van der Waals surface area contributed by atoms with E-state index >= 15 is 0 Å². The Balaban J connectivity index is 2.08. The van der Waals surface area contributed by atoms with Crippen LogP contribution in [0.1, 0.15) is 6.42 Å². The molecular formula is C7H9IO4. The SMILES string of the molecule is O=C1C[C@@H]2O[C@H](CO)[C@@H](I)[C@@H]2O1. The second-order valence-electron chi connectivity index (χ2n) is 3.00. The first-order valence-corrected chi connectivity index (χ1v) is 5.07. The van der Waals surface area contributed by atoms with E-state index in [2.05, 4.69) is 22.6 Å². The van der Waals surface area contributed by atoms with Gasteiger partial charge < -0.3 is 14.6 Å². The molecule has 4 atom stereocenters. The quantitative estimate of drug-likeness (QED) is 0.414. The summed E-state index contributed by atoms with van der Waals surface area (Å²) in [5.74, 6) is -0.192. The lowest BCUT2D eigenvalue weighted by atomic mass is 10.1. The number of carbonyl (C=O) groups excluding carboxylic acids is 1. The molecular weight excluding hydrogens is 275 g/mol. The predicted molar refractivity (Wildman–Crippen MR) is 48.1 cm³/mol. The molecule has 0 amide bonds. The molecule has 0 aromatic heterocycles. The topological polar surface area (TPSA) is 55.8 Å². The molecule has 2 aliphatic rings. The molecule has 68 valence electrons. The summed E-state index contributed by atoms with van der Waals surface area (Å²) in [6.07, 6.45) is -0.110. The summed E-state index contributed by atoms with van der Waals surface area (Å²) >= 11 is 2.16. The Morgan fingerprint density at radius 1 is 1.67 bits per heavy atom. The number of halogens is 1. The van der Waals surface area contributed by atoms with Crippen LogP contribution in [0.15, 0.2) is 0 Å². The van der Waals surface area contributed by atoms with E-state index < -0.39 is 0 Å². The highest BCUT2D eigenvalue weighted by Crippen LogP contribution is 2.35. The molecule has 0 aromatic carbocycles. The van der Waals surface area contributed by atoms with Gasteiger partial charge in [0.25, 0.3) is 0 Å². The van der Waals surface area contributed by atoms with Gasteiger partial charge in [0.2, 0.25) is 0 Å². The third kappa shape index (κ3) is 1.23. The van der Waals surface area contributed by atoms with Crippen molar-refractivity contribution in [3.05, 3.63) is 0 Å². The molecule has 0 spiro atoms. The fourth-order valence-electron chi connectivity index (χ4n) is 1.61. The predicted octanol–water partition coefficient (Wildman–Crippen LogP) is -0.135. The van der Waals surface area contributed by atoms with Gasteiger partial charge >= 0.3 is 5.97 Å². The van der Waals surface area contributed by atoms with Gasteiger partial charge in [0.15, 0.2) is 0 Å². The van der Waals surface area contributed by atoms with Crippen molar-refractivity contribution in [2.75, 3.05) is 6.61 Å². The number of esters is 1. The molecule has 2 heterocycles. The Hall–Kier alpha value is 0.120. The number of aliphatic hydroxyl groups excluding tert-OH is 1. The highest BCUT2D eigenvalue weighted by molar-refractivity contribution is 14.1. The highest BCUT2D eigenvalue weighted by Gasteiger charge is 2.50. The average molecular weight is 284 g/mol. The summed E-state index contributed by atoms with van der Waals surface area (Å²) in [6, 6.07) is 0. The number of hydrogen-bond donors (Lipinski definition) is 1. The van der Waals surface area contributed by atoms with Gasteiger partial charge in [-0.25, -0.2) is 0 Å². The Morgan fingerprint density at radius 2 is 2.42 bits per heavy atom. The van der Waals surface area contributed by atoms with Crippen LogP contribution >= 0.6 is 22.6 Å². The van der Waals surface area contributed by atoms with Gasteiger partial charge in [-0.1, -0.05) is 22.6 Å². The number of carbonyl (C=O) groups is 1. The highest BCUT2D eigenvalue weighted by atomic mass is 127. The van der Waals surface area contributed by atoms with E-state index in [1.807, 2.05) is 0 Å². The van der Waals surface area contributed by atoms with Gasteiger partial charge in [0.05, 0.1) is 23.1 Å². The van der Waals surface area contributed by atoms with Gasteiger partial charge in [-0.05, 0) is 0 Å². The van der Waals surface area contributed by atoms with Crippen LogP contribution in [0.3, 0.4) is 0 Å². The van der Waals surface area contributed by atoms with Gasteiger partial charge in [-0.2, -0.15) is 0 Å². The number of ether oxygens (including phenoxy) is 2. The minimum atomic E-state index is -0.192. The van der Waals surface area contributed by atoms with Crippen LogP contribution in [-0.2, 0) is 14.3 Å². The monoisotopic (exact) mass is 284 g/mol. The molecule has 0 unspecified atom stereocenters. The van der Waals surface area contributed by atoms with Crippen molar-refractivity contribution in [2.45, 2.75) is 28.7 Å². The minimum Gasteiger partial charge on any atom is -0.458 e. The van der Waals surface area contributed by atoms with Crippen molar-refractivity contribution in [2.24, 2.45) is 0 Å². The van der Waals surface area contributed by atoms with E-state index in [9.17, 15) is 4.79 Å². The Bertz CT molecular complexity index is 208. The largest absolute Gasteiger partial charge is 0.458 e. The maximum Gasteiger partial charge on any atom is 0.308 e. The number of fused-ring (bicyclic) bond motifs is 1. The number of alkyl halides is 1. The first-order valence-electron chi connectivity index (χ1n) is 3.82. The van der Waals surface area contributed by atoms with E-state index in [0.717, 1.165) is 0 Å². The molecule has 0 aromatic rings. The maximum absolute atomic E-state index is 10.8. The summed E-state index contributed by atoms with van der Waals surface area (Å²) in [5, 5.41) is 8.89. The molecule has 2 saturated heterocycles. The van der Waals surface area contributed by atoms with E-state index in [1.165, 1.54) is 0 Å². The van der Waals surface area contributed by atoms with Gasteiger partial charge in [-0.3, -0.25) is 4.79 Å². The number of rotatable bonds is 1. The number of hydrogen-bond acceptors (Lipinski definition) is 4. The summed E-state index contributed by atoms with van der Waals surface area (Å²) in [6.45, 7) is -0.00183. The molecule has 0 radical (unpaired) electrons. The lowest BCUT2D eigenvalue weighted by molar-refractivity contribution is -0.141. The standard InChI is InChI=1S/C7H9IO4/c8-6-4(2-9)11-3-1-5(10)12-7(3)6/h3-4,6-7,9H,1-2H2/t3-,4+,6+,7+/m0/s1. The van der Waals surface area contributed by atoms with Crippen molar-refractivity contribution in [3.8, 4) is 0 Å². The Labute approximate surface area is 83.4 Å². The van der Waals surface area contributed by atoms with Crippen molar-refractivity contribution < 1.29 is 19.4 Å². The van der Waals surface area contributed by atoms with Crippen molar-refractivity contribution >= 4 is 28.6 Å². The van der Waals surface area contributed by atoms with Crippen molar-refractivity contribution in [3.63, 3.8) is 0 Å². The van der Waals surface area contributed by atoms with E-state index in [-0.39, 0.29) is 34.8 Å². The normalized spacial score (nSPS) is 46.0. The molecule has 5 heteroatoms. The van der Waals surface area contributed by atoms with Crippen LogP contribution < -0.4 is 0 Å². The zero-order valence-electron chi connectivity index (χ0n) is 6.27. The summed E-state index contributed by atoms with van der Waals surface area (Å²) in [5.41, 5.74) is 0. The van der Waals surface area contributed by atoms with Crippen LogP contribution in [0.25, 0.3) is 0 Å². The second-order valence-corrected chi connectivity index (χ2v) is 4.44. The zero-order valence-corrected chi connectivity index (χ0v) is 8.43. The molecule has 0 aliphatic carbocycles. The third-order valence-corrected chi connectivity index (χ3v) is 3.71. The summed E-state index contributed by atoms with van der Waals surface area (Å²) in [7, 11) is 0. The molecule has 1 N–H and O–H groups in total. The first-order chi connectivity index (χ1) is 5.72. The van der Waals surface area contributed by atoms with Crippen LogP contribution in [0.4, 0.5) is 0 Å². The molecule has 2 fully saturated rings. The lowest BCUT2D eigenvalue weighted by Crippen LogP contribution is -2.28. The molecule has 0 saturated carbocycles. The lowest BCUT2D eigenvalue weighted by Gasteiger charge is -2.12. The van der Waals surface area contributed by atoms with Crippen molar-refractivity contribution in [1.29, 1.82) is 0 Å². The molecule has 2 rings (SSSR count). The summed E-state index contributed by atoms with van der Waals surface area (Å²) in [4.78, 5) is 10.8. The molecule has 4 nitrogen and oxygen atoms in total. The summed E-state index contributed by atoms with van der Waals surface area (Å²) < 4.78 is 10.5. The van der Waals surface area contributed by atoms with Gasteiger partial charge in [-0.15, -0.1) is 0 Å². The second kappa shape index (κ2) is 3.12. The Kier molecular flexibility index (Phi) is 2.26. The Morgan fingerprint density at radius 3 is 3.00 bits per heavy atom. The van der Waals surface area contributed by atoms with Crippen molar-refractivity contribution in [1.82, 2.24) is 0 Å².